The Morgan fingerprint density at radius 2 is 2.12 bits per heavy atom. The molecule has 0 heterocycles. The van der Waals surface area contributed by atoms with E-state index in [2.05, 4.69) is 4.72 Å². The van der Waals surface area contributed by atoms with Gasteiger partial charge in [-0.3, -0.25) is 0 Å². The van der Waals surface area contributed by atoms with Gasteiger partial charge in [0.05, 0.1) is 18.6 Å². The summed E-state index contributed by atoms with van der Waals surface area (Å²) in [5.74, 6) is 0.675. The lowest BCUT2D eigenvalue weighted by Gasteiger charge is -2.10. The van der Waals surface area contributed by atoms with Gasteiger partial charge in [0.1, 0.15) is 5.75 Å². The fraction of sp³-hybridized carbons (Fsp3) is 0.455. The van der Waals surface area contributed by atoms with Gasteiger partial charge in [-0.1, -0.05) is 6.92 Å². The van der Waals surface area contributed by atoms with Crippen LogP contribution < -0.4 is 9.46 Å². The fourth-order valence-corrected chi connectivity index (χ4v) is 2.53. The fourth-order valence-electron chi connectivity index (χ4n) is 1.46. The van der Waals surface area contributed by atoms with E-state index in [1.165, 1.54) is 6.07 Å². The van der Waals surface area contributed by atoms with Gasteiger partial charge >= 0.3 is 0 Å². The molecule has 1 aromatic carbocycles. The first-order chi connectivity index (χ1) is 8.05. The maximum absolute atomic E-state index is 11.8. The lowest BCUT2D eigenvalue weighted by atomic mass is 10.1. The highest BCUT2D eigenvalue weighted by molar-refractivity contribution is 7.89. The zero-order chi connectivity index (χ0) is 12.9. The topological polar surface area (TPSA) is 75.6 Å². The summed E-state index contributed by atoms with van der Waals surface area (Å²) < 4.78 is 31.0. The number of aliphatic hydroxyl groups is 1. The van der Waals surface area contributed by atoms with Gasteiger partial charge in [0, 0.05) is 6.54 Å². The molecule has 0 bridgehead atoms. The third-order valence-electron chi connectivity index (χ3n) is 2.35. The molecule has 5 nitrogen and oxygen atoms in total. The number of hydrogen-bond acceptors (Lipinski definition) is 4. The molecule has 0 spiro atoms. The molecule has 6 heteroatoms. The van der Waals surface area contributed by atoms with Crippen LogP contribution in [0.3, 0.4) is 0 Å². The molecule has 0 aromatic heterocycles. The predicted molar refractivity (Wildman–Crippen MR) is 64.6 cm³/mol. The first-order valence-corrected chi connectivity index (χ1v) is 6.81. The quantitative estimate of drug-likeness (QED) is 0.781. The number of nitrogens with one attached hydrogen (secondary N) is 1. The first kappa shape index (κ1) is 14.0. The average molecular weight is 259 g/mol. The summed E-state index contributed by atoms with van der Waals surface area (Å²) in [6, 6.07) is 4.70. The van der Waals surface area contributed by atoms with E-state index in [0.29, 0.717) is 12.2 Å². The van der Waals surface area contributed by atoms with E-state index in [1.807, 2.05) is 6.92 Å². The van der Waals surface area contributed by atoms with Gasteiger partial charge in [0.2, 0.25) is 10.0 Å². The first-order valence-electron chi connectivity index (χ1n) is 5.32. The Hall–Kier alpha value is -1.11. The Bertz CT molecular complexity index is 470. The highest BCUT2D eigenvalue weighted by Gasteiger charge is 2.15. The van der Waals surface area contributed by atoms with Crippen LogP contribution in [0.15, 0.2) is 23.1 Å². The van der Waals surface area contributed by atoms with Crippen molar-refractivity contribution >= 4 is 10.0 Å². The molecule has 1 rings (SSSR count). The van der Waals surface area contributed by atoms with Crippen LogP contribution in [-0.4, -0.2) is 33.8 Å². The van der Waals surface area contributed by atoms with E-state index >= 15 is 0 Å². The van der Waals surface area contributed by atoms with E-state index in [-0.39, 0.29) is 18.0 Å². The summed E-state index contributed by atoms with van der Waals surface area (Å²) in [4.78, 5) is 0.184. The molecule has 96 valence electrons. The summed E-state index contributed by atoms with van der Waals surface area (Å²) in [5, 5.41) is 8.61. The number of methoxy groups -OCH3 is 1. The van der Waals surface area contributed by atoms with Gasteiger partial charge in [-0.05, 0) is 30.2 Å². The normalized spacial score (nSPS) is 11.5. The monoisotopic (exact) mass is 259 g/mol. The number of ether oxygens (including phenoxy) is 1. The van der Waals surface area contributed by atoms with Crippen molar-refractivity contribution in [2.45, 2.75) is 18.2 Å². The third kappa shape index (κ3) is 3.42. The summed E-state index contributed by atoms with van der Waals surface area (Å²) in [5.41, 5.74) is 0.833. The number of aryl methyl sites for hydroxylation is 1. The lowest BCUT2D eigenvalue weighted by molar-refractivity contribution is 0.301. The molecular formula is C11H17NO4S. The van der Waals surface area contributed by atoms with Crippen molar-refractivity contribution in [3.63, 3.8) is 0 Å². The summed E-state index contributed by atoms with van der Waals surface area (Å²) in [6.45, 7) is 1.71. The SMILES string of the molecule is CCc1cc(S(=O)(=O)NCCO)ccc1OC. The average Bonchev–Trinajstić information content (AvgIpc) is 2.35. The van der Waals surface area contributed by atoms with Crippen LogP contribution in [0.2, 0.25) is 0 Å². The molecule has 0 radical (unpaired) electrons. The van der Waals surface area contributed by atoms with E-state index < -0.39 is 10.0 Å². The van der Waals surface area contributed by atoms with Gasteiger partial charge in [0.15, 0.2) is 0 Å². The molecule has 0 atom stereocenters. The Balaban J connectivity index is 3.07. The highest BCUT2D eigenvalue weighted by Crippen LogP contribution is 2.22. The van der Waals surface area contributed by atoms with Gasteiger partial charge < -0.3 is 9.84 Å². The van der Waals surface area contributed by atoms with Crippen molar-refractivity contribution in [2.24, 2.45) is 0 Å². The minimum absolute atomic E-state index is 0.00974. The minimum atomic E-state index is -3.55. The van der Waals surface area contributed by atoms with Crippen LogP contribution in [0.4, 0.5) is 0 Å². The second-order valence-corrected chi connectivity index (χ2v) is 5.22. The molecule has 0 unspecified atom stereocenters. The van der Waals surface area contributed by atoms with E-state index in [9.17, 15) is 8.42 Å². The van der Waals surface area contributed by atoms with Crippen LogP contribution in [0.25, 0.3) is 0 Å². The molecule has 0 saturated heterocycles. The zero-order valence-corrected chi connectivity index (χ0v) is 10.8. The van der Waals surface area contributed by atoms with Crippen LogP contribution in [0, 0.1) is 0 Å². The second kappa shape index (κ2) is 6.00. The summed E-state index contributed by atoms with van der Waals surface area (Å²) >= 11 is 0. The Kier molecular flexibility index (Phi) is 4.92. The molecule has 17 heavy (non-hydrogen) atoms. The molecule has 0 aliphatic heterocycles. The van der Waals surface area contributed by atoms with Gasteiger partial charge in [-0.2, -0.15) is 0 Å². The van der Waals surface area contributed by atoms with E-state index in [0.717, 1.165) is 5.56 Å². The van der Waals surface area contributed by atoms with Crippen LogP contribution in [0.5, 0.6) is 5.75 Å². The largest absolute Gasteiger partial charge is 0.496 e. The number of hydrogen-bond donors (Lipinski definition) is 2. The van der Waals surface area contributed by atoms with Crippen molar-refractivity contribution in [3.05, 3.63) is 23.8 Å². The van der Waals surface area contributed by atoms with E-state index in [1.54, 1.807) is 19.2 Å². The molecule has 0 saturated carbocycles. The predicted octanol–water partition coefficient (Wildman–Crippen LogP) is 0.528. The van der Waals surface area contributed by atoms with Gasteiger partial charge in [-0.15, -0.1) is 0 Å². The molecule has 0 fully saturated rings. The van der Waals surface area contributed by atoms with Crippen molar-refractivity contribution in [2.75, 3.05) is 20.3 Å². The van der Waals surface area contributed by atoms with Gasteiger partial charge in [0.25, 0.3) is 0 Å². The standard InChI is InChI=1S/C11H17NO4S/c1-3-9-8-10(4-5-11(9)16-2)17(14,15)12-6-7-13/h4-5,8,12-13H,3,6-7H2,1-2H3. The van der Waals surface area contributed by atoms with Crippen molar-refractivity contribution in [1.29, 1.82) is 0 Å². The van der Waals surface area contributed by atoms with Crippen LogP contribution in [0.1, 0.15) is 12.5 Å². The van der Waals surface area contributed by atoms with Crippen molar-refractivity contribution in [3.8, 4) is 5.75 Å². The molecule has 1 aromatic rings. The Morgan fingerprint density at radius 3 is 2.65 bits per heavy atom. The lowest BCUT2D eigenvalue weighted by Crippen LogP contribution is -2.26. The molecule has 0 aliphatic rings. The highest BCUT2D eigenvalue weighted by atomic mass is 32.2. The van der Waals surface area contributed by atoms with Crippen molar-refractivity contribution in [1.82, 2.24) is 4.72 Å². The van der Waals surface area contributed by atoms with Gasteiger partial charge in [-0.25, -0.2) is 13.1 Å². The molecule has 0 amide bonds. The number of rotatable bonds is 6. The Labute approximate surface area is 101 Å². The minimum Gasteiger partial charge on any atom is -0.496 e. The number of aliphatic hydroxyl groups excluding tert-OH is 1. The smallest absolute Gasteiger partial charge is 0.240 e. The maximum atomic E-state index is 11.8. The van der Waals surface area contributed by atoms with Crippen LogP contribution in [-0.2, 0) is 16.4 Å². The zero-order valence-electron chi connectivity index (χ0n) is 9.93. The van der Waals surface area contributed by atoms with Crippen molar-refractivity contribution < 1.29 is 18.3 Å². The Morgan fingerprint density at radius 1 is 1.41 bits per heavy atom. The second-order valence-electron chi connectivity index (χ2n) is 3.45. The molecule has 0 aliphatic carbocycles. The number of sulfonamides is 1. The third-order valence-corrected chi connectivity index (χ3v) is 3.81. The summed E-state index contributed by atoms with van der Waals surface area (Å²) in [7, 11) is -2.00. The maximum Gasteiger partial charge on any atom is 0.240 e. The number of benzene rings is 1. The molecular weight excluding hydrogens is 242 g/mol. The summed E-state index contributed by atoms with van der Waals surface area (Å²) in [6.07, 6.45) is 0.687. The molecule has 2 N–H and O–H groups in total. The van der Waals surface area contributed by atoms with E-state index in [4.69, 9.17) is 9.84 Å². The van der Waals surface area contributed by atoms with Crippen LogP contribution >= 0.6 is 0 Å².